The second kappa shape index (κ2) is 9.84. The molecule has 36 heavy (non-hydrogen) atoms. The quantitative estimate of drug-likeness (QED) is 0.279. The molecule has 0 radical (unpaired) electrons. The summed E-state index contributed by atoms with van der Waals surface area (Å²) in [5.74, 6) is -2.06. The van der Waals surface area contributed by atoms with Gasteiger partial charge in [-0.1, -0.05) is 47.9 Å². The minimum absolute atomic E-state index is 0.121. The maximum Gasteiger partial charge on any atom is 0.346 e. The number of ether oxygens (including phenoxy) is 2. The Morgan fingerprint density at radius 1 is 0.944 bits per heavy atom. The number of thioether (sulfide) groups is 2. The second-order valence-corrected chi connectivity index (χ2v) is 11.3. The van der Waals surface area contributed by atoms with E-state index in [9.17, 15) is 18.8 Å². The fourth-order valence-electron chi connectivity index (χ4n) is 4.01. The van der Waals surface area contributed by atoms with Gasteiger partial charge in [0.15, 0.2) is 0 Å². The van der Waals surface area contributed by atoms with Crippen molar-refractivity contribution in [3.05, 3.63) is 79.0 Å². The van der Waals surface area contributed by atoms with Gasteiger partial charge in [0.25, 0.3) is 5.91 Å². The van der Waals surface area contributed by atoms with Gasteiger partial charge >= 0.3 is 11.9 Å². The van der Waals surface area contributed by atoms with Gasteiger partial charge in [-0.05, 0) is 56.7 Å². The molecular formula is C26H22FNO5S3. The predicted octanol–water partition coefficient (Wildman–Crippen LogP) is 5.65. The Kier molecular flexibility index (Phi) is 7.14. The Morgan fingerprint density at radius 3 is 2.03 bits per heavy atom. The van der Waals surface area contributed by atoms with Crippen LogP contribution in [-0.2, 0) is 19.1 Å². The minimum atomic E-state index is -0.968. The normalized spacial score (nSPS) is 16.7. The average Bonchev–Trinajstić information content (AvgIpc) is 3.29. The number of esters is 2. The van der Waals surface area contributed by atoms with Crippen LogP contribution in [-0.4, -0.2) is 42.5 Å². The molecule has 6 nitrogen and oxygen atoms in total. The molecular weight excluding hydrogens is 521 g/mol. The monoisotopic (exact) mass is 543 g/mol. The maximum absolute atomic E-state index is 13.7. The van der Waals surface area contributed by atoms with Crippen LogP contribution in [0.4, 0.5) is 10.1 Å². The summed E-state index contributed by atoms with van der Waals surface area (Å²) < 4.78 is 23.9. The third-order valence-corrected chi connectivity index (χ3v) is 9.10. The molecule has 10 heteroatoms. The van der Waals surface area contributed by atoms with E-state index < -0.39 is 23.3 Å². The molecule has 0 saturated heterocycles. The number of hydrogen-bond donors (Lipinski definition) is 0. The number of carbonyl (C=O) groups excluding carboxylic acids is 3. The van der Waals surface area contributed by atoms with E-state index in [2.05, 4.69) is 0 Å². The highest BCUT2D eigenvalue weighted by Crippen LogP contribution is 2.56. The first-order valence-electron chi connectivity index (χ1n) is 10.8. The van der Waals surface area contributed by atoms with Gasteiger partial charge in [-0.25, -0.2) is 14.0 Å². The fourth-order valence-corrected chi connectivity index (χ4v) is 7.05. The summed E-state index contributed by atoms with van der Waals surface area (Å²) >= 11 is 8.14. The Hall–Kier alpha value is -2.95. The summed E-state index contributed by atoms with van der Waals surface area (Å²) in [6.07, 6.45) is 0. The molecule has 0 bridgehead atoms. The van der Waals surface area contributed by atoms with Crippen LogP contribution in [0, 0.1) is 12.7 Å². The zero-order valence-electron chi connectivity index (χ0n) is 20.1. The van der Waals surface area contributed by atoms with Crippen molar-refractivity contribution in [3.63, 3.8) is 0 Å². The van der Waals surface area contributed by atoms with E-state index in [1.54, 1.807) is 4.90 Å². The van der Waals surface area contributed by atoms with Crippen LogP contribution in [0.2, 0.25) is 0 Å². The molecule has 0 spiro atoms. The molecule has 1 amide bonds. The first-order chi connectivity index (χ1) is 17.0. The molecule has 0 N–H and O–H groups in total. The van der Waals surface area contributed by atoms with Crippen molar-refractivity contribution in [2.45, 2.75) is 26.3 Å². The standard InChI is InChI=1S/C26H22FNO5S3/c1-13-6-11-16-17(12-13)28(22(29)14-7-9-15(27)10-8-14)26(2,3)21(34)18(16)25-35-19(23(30)32-4)20(36-25)24(31)33-5/h6-12H,1-5H3. The van der Waals surface area contributed by atoms with Gasteiger partial charge in [-0.3, -0.25) is 9.69 Å². The second-order valence-electron chi connectivity index (χ2n) is 8.56. The molecule has 2 aromatic rings. The highest BCUT2D eigenvalue weighted by atomic mass is 32.2. The third kappa shape index (κ3) is 4.38. The lowest BCUT2D eigenvalue weighted by Gasteiger charge is -2.45. The van der Waals surface area contributed by atoms with Gasteiger partial charge in [0.1, 0.15) is 15.6 Å². The summed E-state index contributed by atoms with van der Waals surface area (Å²) in [6.45, 7) is 5.59. The van der Waals surface area contributed by atoms with Gasteiger partial charge in [-0.15, -0.1) is 0 Å². The SMILES string of the molecule is COC(=O)C1=C(C(=O)OC)SC(=C2C(=S)C(C)(C)N(C(=O)c3ccc(F)cc3)c3cc(C)ccc32)S1. The lowest BCUT2D eigenvalue weighted by atomic mass is 9.82. The topological polar surface area (TPSA) is 72.9 Å². The number of benzene rings is 2. The summed E-state index contributed by atoms with van der Waals surface area (Å²) in [6, 6.07) is 11.0. The molecule has 2 aliphatic heterocycles. The number of rotatable bonds is 3. The molecule has 2 aromatic carbocycles. The zero-order valence-corrected chi connectivity index (χ0v) is 22.6. The molecule has 4 rings (SSSR count). The van der Waals surface area contributed by atoms with Crippen LogP contribution in [0.15, 0.2) is 56.5 Å². The van der Waals surface area contributed by atoms with Crippen LogP contribution in [0.25, 0.3) is 5.57 Å². The number of thiocarbonyl (C=S) groups is 1. The number of nitrogens with zero attached hydrogens (tertiary/aromatic N) is 1. The Labute approximate surface area is 221 Å². The first-order valence-corrected chi connectivity index (χ1v) is 12.8. The zero-order chi connectivity index (χ0) is 26.4. The van der Waals surface area contributed by atoms with Gasteiger partial charge in [0, 0.05) is 16.7 Å². The van der Waals surface area contributed by atoms with Crippen molar-refractivity contribution in [1.82, 2.24) is 0 Å². The van der Waals surface area contributed by atoms with E-state index in [0.29, 0.717) is 31.5 Å². The van der Waals surface area contributed by atoms with Gasteiger partial charge in [0.05, 0.1) is 34.5 Å². The number of methoxy groups -OCH3 is 2. The van der Waals surface area contributed by atoms with E-state index in [0.717, 1.165) is 29.1 Å². The molecule has 0 atom stereocenters. The van der Waals surface area contributed by atoms with E-state index in [1.165, 1.54) is 38.5 Å². The van der Waals surface area contributed by atoms with Crippen LogP contribution in [0.1, 0.15) is 35.3 Å². The smallest absolute Gasteiger partial charge is 0.346 e. The number of hydrogen-bond acceptors (Lipinski definition) is 8. The molecule has 186 valence electrons. The van der Waals surface area contributed by atoms with Crippen LogP contribution in [0.3, 0.4) is 0 Å². The molecule has 0 aromatic heterocycles. The van der Waals surface area contributed by atoms with E-state index in [-0.39, 0.29) is 15.7 Å². The van der Waals surface area contributed by atoms with Crippen LogP contribution < -0.4 is 4.90 Å². The van der Waals surface area contributed by atoms with Crippen molar-refractivity contribution < 1.29 is 28.2 Å². The highest BCUT2D eigenvalue weighted by Gasteiger charge is 2.46. The van der Waals surface area contributed by atoms with Crippen molar-refractivity contribution in [2.24, 2.45) is 0 Å². The van der Waals surface area contributed by atoms with Crippen molar-refractivity contribution in [3.8, 4) is 0 Å². The highest BCUT2D eigenvalue weighted by molar-refractivity contribution is 8.29. The van der Waals surface area contributed by atoms with Crippen molar-refractivity contribution in [1.29, 1.82) is 0 Å². The molecule has 2 heterocycles. The Balaban J connectivity index is 1.91. The third-order valence-electron chi connectivity index (χ3n) is 5.84. The predicted molar refractivity (Wildman–Crippen MR) is 144 cm³/mol. The van der Waals surface area contributed by atoms with E-state index in [4.69, 9.17) is 21.7 Å². The van der Waals surface area contributed by atoms with Crippen LogP contribution >= 0.6 is 35.7 Å². The largest absolute Gasteiger partial charge is 0.465 e. The maximum atomic E-state index is 13.7. The van der Waals surface area contributed by atoms with Crippen LogP contribution in [0.5, 0.6) is 0 Å². The van der Waals surface area contributed by atoms with Crippen molar-refractivity contribution in [2.75, 3.05) is 19.1 Å². The number of aryl methyl sites for hydroxylation is 1. The van der Waals surface area contributed by atoms with E-state index >= 15 is 0 Å². The lowest BCUT2D eigenvalue weighted by molar-refractivity contribution is -0.138. The van der Waals surface area contributed by atoms with Crippen molar-refractivity contribution >= 4 is 69.7 Å². The first kappa shape index (κ1) is 26.1. The summed E-state index contributed by atoms with van der Waals surface area (Å²) in [7, 11) is 2.48. The lowest BCUT2D eigenvalue weighted by Crippen LogP contribution is -2.56. The molecule has 2 aliphatic rings. The Morgan fingerprint density at radius 2 is 1.50 bits per heavy atom. The van der Waals surface area contributed by atoms with Gasteiger partial charge in [0.2, 0.25) is 0 Å². The van der Waals surface area contributed by atoms with Gasteiger partial charge < -0.3 is 9.47 Å². The summed E-state index contributed by atoms with van der Waals surface area (Å²) in [5, 5.41) is 0. The van der Waals surface area contributed by atoms with Gasteiger partial charge in [-0.2, -0.15) is 0 Å². The molecule has 0 saturated carbocycles. The summed E-state index contributed by atoms with van der Waals surface area (Å²) in [4.78, 5) is 40.9. The average molecular weight is 544 g/mol. The number of halogens is 1. The number of fused-ring (bicyclic) bond motifs is 1. The minimum Gasteiger partial charge on any atom is -0.465 e. The number of carbonyl (C=O) groups is 3. The number of anilines is 1. The molecule has 0 fully saturated rings. The molecule has 0 unspecified atom stereocenters. The fraction of sp³-hybridized carbons (Fsp3) is 0.231. The number of amides is 1. The summed E-state index contributed by atoms with van der Waals surface area (Å²) in [5.41, 5.74) is 2.24. The molecule has 0 aliphatic carbocycles. The van der Waals surface area contributed by atoms with E-state index in [1.807, 2.05) is 39.0 Å². The Bertz CT molecular complexity index is 1350.